The molecule has 0 N–H and O–H groups in total. The second kappa shape index (κ2) is 6.01. The Labute approximate surface area is 126 Å². The molecule has 0 saturated carbocycles. The van der Waals surface area contributed by atoms with Gasteiger partial charge >= 0.3 is 5.69 Å². The minimum atomic E-state index is -0.927. The van der Waals surface area contributed by atoms with Gasteiger partial charge in [-0.25, -0.2) is 0 Å². The molecule has 5 nitrogen and oxygen atoms in total. The molecule has 0 aliphatic carbocycles. The second-order valence-corrected chi connectivity index (χ2v) is 7.38. The fourth-order valence-corrected chi connectivity index (χ4v) is 3.29. The number of thioether (sulfide) groups is 1. The van der Waals surface area contributed by atoms with Gasteiger partial charge in [0.25, 0.3) is 5.91 Å². The lowest BCUT2D eigenvalue weighted by Crippen LogP contribution is -2.33. The highest BCUT2D eigenvalue weighted by atomic mass is 32.2. The standard InChI is InChI=1S/C14H17FN2O3S/c1-14(2)5-6-16(7-8-21-14)13(18)10-3-4-11(15)12(9-10)17(19)20/h3-4,9H,5-8H2,1-2H3. The Morgan fingerprint density at radius 3 is 2.81 bits per heavy atom. The molecule has 0 aromatic heterocycles. The third-order valence-corrected chi connectivity index (χ3v) is 4.89. The average molecular weight is 312 g/mol. The highest BCUT2D eigenvalue weighted by Crippen LogP contribution is 2.31. The molecule has 1 saturated heterocycles. The SMILES string of the molecule is CC1(C)CCN(C(=O)c2ccc(F)c([N+](=O)[O-])c2)CCS1. The van der Waals surface area contributed by atoms with Crippen molar-refractivity contribution < 1.29 is 14.1 Å². The first kappa shape index (κ1) is 15.8. The van der Waals surface area contributed by atoms with Gasteiger partial charge in [0.1, 0.15) is 0 Å². The number of halogens is 1. The first-order valence-corrected chi connectivity index (χ1v) is 7.66. The lowest BCUT2D eigenvalue weighted by atomic mass is 10.1. The fourth-order valence-electron chi connectivity index (χ4n) is 2.19. The van der Waals surface area contributed by atoms with Crippen LogP contribution in [-0.4, -0.2) is 39.3 Å². The smallest absolute Gasteiger partial charge is 0.305 e. The number of hydrogen-bond acceptors (Lipinski definition) is 4. The van der Waals surface area contributed by atoms with Gasteiger partial charge in [0.2, 0.25) is 5.82 Å². The Hall–Kier alpha value is -1.63. The number of rotatable bonds is 2. The number of carbonyl (C=O) groups excluding carboxylic acids is 1. The minimum Gasteiger partial charge on any atom is -0.338 e. The van der Waals surface area contributed by atoms with Crippen LogP contribution in [0.4, 0.5) is 10.1 Å². The van der Waals surface area contributed by atoms with Crippen molar-refractivity contribution in [1.29, 1.82) is 0 Å². The van der Waals surface area contributed by atoms with Crippen LogP contribution in [-0.2, 0) is 0 Å². The van der Waals surface area contributed by atoms with Gasteiger partial charge in [-0.15, -0.1) is 0 Å². The molecule has 1 heterocycles. The van der Waals surface area contributed by atoms with E-state index >= 15 is 0 Å². The van der Waals surface area contributed by atoms with Gasteiger partial charge in [-0.3, -0.25) is 14.9 Å². The Kier molecular flexibility index (Phi) is 4.51. The van der Waals surface area contributed by atoms with Crippen LogP contribution in [0, 0.1) is 15.9 Å². The summed E-state index contributed by atoms with van der Waals surface area (Å²) in [7, 11) is 0. The molecule has 1 aromatic rings. The van der Waals surface area contributed by atoms with Gasteiger partial charge in [-0.05, 0) is 18.6 Å². The maximum Gasteiger partial charge on any atom is 0.305 e. The molecule has 1 aromatic carbocycles. The van der Waals surface area contributed by atoms with Crippen molar-refractivity contribution in [1.82, 2.24) is 4.90 Å². The number of amides is 1. The minimum absolute atomic E-state index is 0.115. The molecular weight excluding hydrogens is 295 g/mol. The van der Waals surface area contributed by atoms with Crippen LogP contribution < -0.4 is 0 Å². The number of carbonyl (C=O) groups is 1. The first-order chi connectivity index (χ1) is 9.80. The zero-order chi connectivity index (χ0) is 15.6. The van der Waals surface area contributed by atoms with E-state index in [0.717, 1.165) is 24.3 Å². The maximum atomic E-state index is 13.3. The zero-order valence-corrected chi connectivity index (χ0v) is 12.8. The van der Waals surface area contributed by atoms with Crippen LogP contribution in [0.3, 0.4) is 0 Å². The summed E-state index contributed by atoms with van der Waals surface area (Å²) in [6.45, 7) is 5.46. The van der Waals surface area contributed by atoms with Gasteiger partial charge in [0, 0.05) is 35.2 Å². The second-order valence-electron chi connectivity index (χ2n) is 5.57. The van der Waals surface area contributed by atoms with E-state index in [9.17, 15) is 19.3 Å². The Bertz CT molecular complexity index is 577. The Balaban J connectivity index is 2.20. The molecular formula is C14H17FN2O3S. The number of benzene rings is 1. The average Bonchev–Trinajstić information content (AvgIpc) is 2.59. The highest BCUT2D eigenvalue weighted by Gasteiger charge is 2.27. The van der Waals surface area contributed by atoms with Crippen molar-refractivity contribution in [2.45, 2.75) is 25.0 Å². The summed E-state index contributed by atoms with van der Waals surface area (Å²) >= 11 is 1.81. The van der Waals surface area contributed by atoms with E-state index in [1.807, 2.05) is 0 Å². The van der Waals surface area contributed by atoms with E-state index < -0.39 is 16.4 Å². The number of nitro groups is 1. The lowest BCUT2D eigenvalue weighted by molar-refractivity contribution is -0.387. The van der Waals surface area contributed by atoms with Crippen molar-refractivity contribution >= 4 is 23.4 Å². The van der Waals surface area contributed by atoms with Crippen LogP contribution in [0.2, 0.25) is 0 Å². The van der Waals surface area contributed by atoms with Crippen molar-refractivity contribution in [2.75, 3.05) is 18.8 Å². The summed E-state index contributed by atoms with van der Waals surface area (Å²) in [6.07, 6.45) is 0.854. The highest BCUT2D eigenvalue weighted by molar-refractivity contribution is 8.00. The number of nitrogens with zero attached hydrogens (tertiary/aromatic N) is 2. The third kappa shape index (κ3) is 3.72. The normalized spacial score (nSPS) is 18.1. The molecule has 1 fully saturated rings. The van der Waals surface area contributed by atoms with Gasteiger partial charge in [0.05, 0.1) is 4.92 Å². The van der Waals surface area contributed by atoms with E-state index in [1.165, 1.54) is 6.07 Å². The molecule has 0 spiro atoms. The van der Waals surface area contributed by atoms with Gasteiger partial charge < -0.3 is 4.90 Å². The monoisotopic (exact) mass is 312 g/mol. The van der Waals surface area contributed by atoms with E-state index in [4.69, 9.17) is 0 Å². The van der Waals surface area contributed by atoms with Crippen molar-refractivity contribution in [3.05, 3.63) is 39.7 Å². The van der Waals surface area contributed by atoms with Crippen molar-refractivity contribution in [3.8, 4) is 0 Å². The van der Waals surface area contributed by atoms with Gasteiger partial charge in [-0.1, -0.05) is 13.8 Å². The summed E-state index contributed by atoms with van der Waals surface area (Å²) in [5.41, 5.74) is -0.502. The molecule has 1 aliphatic heterocycles. The van der Waals surface area contributed by atoms with E-state index in [0.29, 0.717) is 13.1 Å². The zero-order valence-electron chi connectivity index (χ0n) is 12.0. The van der Waals surface area contributed by atoms with Crippen LogP contribution in [0.5, 0.6) is 0 Å². The Morgan fingerprint density at radius 2 is 2.14 bits per heavy atom. The topological polar surface area (TPSA) is 63.5 Å². The number of hydrogen-bond donors (Lipinski definition) is 0. The van der Waals surface area contributed by atoms with Gasteiger partial charge in [0.15, 0.2) is 0 Å². The molecule has 1 amide bonds. The number of nitro benzene ring substituents is 1. The van der Waals surface area contributed by atoms with E-state index in [2.05, 4.69) is 13.8 Å². The molecule has 1 aliphatic rings. The molecule has 114 valence electrons. The molecule has 0 bridgehead atoms. The van der Waals surface area contributed by atoms with Gasteiger partial charge in [-0.2, -0.15) is 16.2 Å². The Morgan fingerprint density at radius 1 is 1.43 bits per heavy atom. The summed E-state index contributed by atoms with van der Waals surface area (Å²) < 4.78 is 13.4. The molecule has 2 rings (SSSR count). The van der Waals surface area contributed by atoms with Crippen LogP contribution in [0.25, 0.3) is 0 Å². The fraction of sp³-hybridized carbons (Fsp3) is 0.500. The predicted octanol–water partition coefficient (Wildman–Crippen LogP) is 3.09. The van der Waals surface area contributed by atoms with Crippen LogP contribution >= 0.6 is 11.8 Å². The molecule has 0 radical (unpaired) electrons. The van der Waals surface area contributed by atoms with Crippen LogP contribution in [0.1, 0.15) is 30.6 Å². The molecule has 0 atom stereocenters. The van der Waals surface area contributed by atoms with E-state index in [-0.39, 0.29) is 16.2 Å². The summed E-state index contributed by atoms with van der Waals surface area (Å²) in [5, 5.41) is 10.8. The van der Waals surface area contributed by atoms with Crippen molar-refractivity contribution in [3.63, 3.8) is 0 Å². The van der Waals surface area contributed by atoms with Crippen molar-refractivity contribution in [2.24, 2.45) is 0 Å². The molecule has 21 heavy (non-hydrogen) atoms. The first-order valence-electron chi connectivity index (χ1n) is 6.67. The van der Waals surface area contributed by atoms with Crippen LogP contribution in [0.15, 0.2) is 18.2 Å². The lowest BCUT2D eigenvalue weighted by Gasteiger charge is -2.22. The maximum absolute atomic E-state index is 13.3. The predicted molar refractivity (Wildman–Crippen MR) is 80.1 cm³/mol. The molecule has 7 heteroatoms. The summed E-state index contributed by atoms with van der Waals surface area (Å²) in [5.74, 6) is -0.386. The molecule has 0 unspecified atom stereocenters. The third-order valence-electron chi connectivity index (χ3n) is 3.51. The largest absolute Gasteiger partial charge is 0.338 e. The van der Waals surface area contributed by atoms with E-state index in [1.54, 1.807) is 16.7 Å². The summed E-state index contributed by atoms with van der Waals surface area (Å²) in [4.78, 5) is 24.0. The quantitative estimate of drug-likeness (QED) is 0.622. The summed E-state index contributed by atoms with van der Waals surface area (Å²) in [6, 6.07) is 3.29.